The van der Waals surface area contributed by atoms with E-state index in [1.54, 1.807) is 16.7 Å². The molecule has 124 valence electrons. The Morgan fingerprint density at radius 1 is 0.833 bits per heavy atom. The monoisotopic (exact) mass is 316 g/mol. The fourth-order valence-corrected chi connectivity index (χ4v) is 6.60. The summed E-state index contributed by atoms with van der Waals surface area (Å²) in [5.74, 6) is 3.28. The summed E-state index contributed by atoms with van der Waals surface area (Å²) in [5, 5.41) is 0. The zero-order valence-electron chi connectivity index (χ0n) is 14.7. The SMILES string of the molecule is C[C@@]12CCC[C@H]1[C@@H]1[C@H](CC2)c2ccccc2C[C@H]1c1ccccc1. The van der Waals surface area contributed by atoms with E-state index < -0.39 is 0 Å². The third-order valence-corrected chi connectivity index (χ3v) is 7.70. The first-order valence-electron chi connectivity index (χ1n) is 9.89. The molecule has 5 rings (SSSR count). The largest absolute Gasteiger partial charge is 0.0622 e. The highest BCUT2D eigenvalue weighted by atomic mass is 14.6. The second-order valence-electron chi connectivity index (χ2n) is 8.80. The van der Waals surface area contributed by atoms with E-state index in [1.165, 1.54) is 38.5 Å². The van der Waals surface area contributed by atoms with Crippen molar-refractivity contribution in [3.63, 3.8) is 0 Å². The molecule has 0 nitrogen and oxygen atoms in total. The Balaban J connectivity index is 1.64. The van der Waals surface area contributed by atoms with Crippen LogP contribution in [-0.2, 0) is 6.42 Å². The highest BCUT2D eigenvalue weighted by Crippen LogP contribution is 2.63. The van der Waals surface area contributed by atoms with Gasteiger partial charge in [-0.3, -0.25) is 0 Å². The Bertz CT molecular complexity index is 731. The summed E-state index contributed by atoms with van der Waals surface area (Å²) in [6, 6.07) is 20.7. The third kappa shape index (κ3) is 2.11. The molecule has 0 N–H and O–H groups in total. The second-order valence-corrected chi connectivity index (χ2v) is 8.80. The standard InChI is InChI=1S/C24H28/c1-24-14-7-12-22(24)23-20(13-15-24)19-11-6-5-10-18(19)16-21(23)17-8-3-2-4-9-17/h2-6,8-11,20-23H,7,12-16H2,1H3/t20-,21+,22+,23-,24+/m1/s1. The van der Waals surface area contributed by atoms with Gasteiger partial charge in [0.15, 0.2) is 0 Å². The van der Waals surface area contributed by atoms with Crippen molar-refractivity contribution in [3.05, 3.63) is 71.3 Å². The smallest absolute Gasteiger partial charge is 0.00844 e. The quantitative estimate of drug-likeness (QED) is 0.577. The highest BCUT2D eigenvalue weighted by molar-refractivity contribution is 5.39. The van der Waals surface area contributed by atoms with Gasteiger partial charge in [-0.2, -0.15) is 0 Å². The van der Waals surface area contributed by atoms with Crippen LogP contribution in [0.15, 0.2) is 54.6 Å². The lowest BCUT2D eigenvalue weighted by atomic mass is 9.52. The van der Waals surface area contributed by atoms with E-state index in [2.05, 4.69) is 61.5 Å². The average Bonchev–Trinajstić information content (AvgIpc) is 3.03. The molecule has 3 aliphatic rings. The number of fused-ring (bicyclic) bond motifs is 5. The van der Waals surface area contributed by atoms with Crippen LogP contribution in [0.2, 0.25) is 0 Å². The molecule has 0 aromatic heterocycles. The van der Waals surface area contributed by atoms with Crippen LogP contribution in [0.25, 0.3) is 0 Å². The van der Waals surface area contributed by atoms with Gasteiger partial charge in [0.2, 0.25) is 0 Å². The van der Waals surface area contributed by atoms with E-state index in [0.717, 1.165) is 17.8 Å². The van der Waals surface area contributed by atoms with Crippen molar-refractivity contribution in [2.24, 2.45) is 17.3 Å². The molecule has 2 aromatic rings. The minimum Gasteiger partial charge on any atom is -0.0622 e. The molecule has 24 heavy (non-hydrogen) atoms. The number of hydrogen-bond donors (Lipinski definition) is 0. The topological polar surface area (TPSA) is 0 Å². The maximum Gasteiger partial charge on any atom is -0.00844 e. The van der Waals surface area contributed by atoms with Crippen molar-refractivity contribution in [2.45, 2.75) is 57.3 Å². The van der Waals surface area contributed by atoms with Gasteiger partial charge in [0.1, 0.15) is 0 Å². The molecular formula is C24H28. The zero-order valence-corrected chi connectivity index (χ0v) is 14.7. The summed E-state index contributed by atoms with van der Waals surface area (Å²) in [6.07, 6.45) is 8.46. The fourth-order valence-electron chi connectivity index (χ4n) is 6.60. The van der Waals surface area contributed by atoms with Crippen LogP contribution in [0.5, 0.6) is 0 Å². The van der Waals surface area contributed by atoms with E-state index in [4.69, 9.17) is 0 Å². The summed E-state index contributed by atoms with van der Waals surface area (Å²) in [4.78, 5) is 0. The summed E-state index contributed by atoms with van der Waals surface area (Å²) < 4.78 is 0. The Kier molecular flexibility index (Phi) is 3.37. The molecule has 2 saturated carbocycles. The van der Waals surface area contributed by atoms with Crippen molar-refractivity contribution in [1.29, 1.82) is 0 Å². The minimum atomic E-state index is 0.612. The van der Waals surface area contributed by atoms with Gasteiger partial charge < -0.3 is 0 Å². The molecule has 0 radical (unpaired) electrons. The molecule has 0 amide bonds. The normalized spacial score (nSPS) is 37.4. The van der Waals surface area contributed by atoms with Crippen LogP contribution in [0, 0.1) is 17.3 Å². The van der Waals surface area contributed by atoms with Gasteiger partial charge in [-0.05, 0) is 77.9 Å². The molecule has 0 heteroatoms. The molecule has 0 unspecified atom stereocenters. The predicted molar refractivity (Wildman–Crippen MR) is 100 cm³/mol. The first-order valence-corrected chi connectivity index (χ1v) is 9.89. The van der Waals surface area contributed by atoms with Gasteiger partial charge in [0, 0.05) is 0 Å². The molecular weight excluding hydrogens is 288 g/mol. The Morgan fingerprint density at radius 3 is 2.50 bits per heavy atom. The second kappa shape index (κ2) is 5.48. The zero-order chi connectivity index (χ0) is 16.1. The molecule has 0 aliphatic heterocycles. The lowest BCUT2D eigenvalue weighted by molar-refractivity contribution is 0.0470. The Labute approximate surface area is 146 Å². The van der Waals surface area contributed by atoms with Crippen molar-refractivity contribution in [1.82, 2.24) is 0 Å². The van der Waals surface area contributed by atoms with Crippen LogP contribution in [0.1, 0.15) is 67.6 Å². The highest BCUT2D eigenvalue weighted by Gasteiger charge is 2.53. The van der Waals surface area contributed by atoms with Crippen LogP contribution in [0.3, 0.4) is 0 Å². The summed E-state index contributed by atoms with van der Waals surface area (Å²) in [5.41, 5.74) is 5.50. The minimum absolute atomic E-state index is 0.612. The third-order valence-electron chi connectivity index (χ3n) is 7.70. The van der Waals surface area contributed by atoms with Crippen molar-refractivity contribution in [3.8, 4) is 0 Å². The van der Waals surface area contributed by atoms with E-state index in [-0.39, 0.29) is 0 Å². The van der Waals surface area contributed by atoms with Crippen LogP contribution in [-0.4, -0.2) is 0 Å². The van der Waals surface area contributed by atoms with Crippen molar-refractivity contribution < 1.29 is 0 Å². The van der Waals surface area contributed by atoms with Gasteiger partial charge in [-0.25, -0.2) is 0 Å². The van der Waals surface area contributed by atoms with Gasteiger partial charge in [-0.1, -0.05) is 67.9 Å². The lowest BCUT2D eigenvalue weighted by Crippen LogP contribution is -2.43. The van der Waals surface area contributed by atoms with Gasteiger partial charge >= 0.3 is 0 Å². The summed E-state index contributed by atoms with van der Waals surface area (Å²) in [7, 11) is 0. The summed E-state index contributed by atoms with van der Waals surface area (Å²) >= 11 is 0. The molecule has 0 heterocycles. The number of rotatable bonds is 1. The average molecular weight is 316 g/mol. The predicted octanol–water partition coefficient (Wildman–Crippen LogP) is 6.33. The van der Waals surface area contributed by atoms with Crippen LogP contribution >= 0.6 is 0 Å². The van der Waals surface area contributed by atoms with Crippen molar-refractivity contribution >= 4 is 0 Å². The lowest BCUT2D eigenvalue weighted by Gasteiger charge is -2.52. The first-order chi connectivity index (χ1) is 11.8. The van der Waals surface area contributed by atoms with Crippen LogP contribution in [0.4, 0.5) is 0 Å². The number of benzene rings is 2. The molecule has 2 fully saturated rings. The molecule has 5 atom stereocenters. The molecule has 3 aliphatic carbocycles. The maximum atomic E-state index is 2.60. The molecule has 0 bridgehead atoms. The molecule has 0 saturated heterocycles. The van der Waals surface area contributed by atoms with E-state index in [9.17, 15) is 0 Å². The molecule has 2 aromatic carbocycles. The van der Waals surface area contributed by atoms with Gasteiger partial charge in [-0.15, -0.1) is 0 Å². The van der Waals surface area contributed by atoms with Gasteiger partial charge in [0.05, 0.1) is 0 Å². The van der Waals surface area contributed by atoms with E-state index in [1.807, 2.05) is 0 Å². The summed E-state index contributed by atoms with van der Waals surface area (Å²) in [6.45, 7) is 2.60. The van der Waals surface area contributed by atoms with Crippen molar-refractivity contribution in [2.75, 3.05) is 0 Å². The van der Waals surface area contributed by atoms with E-state index in [0.29, 0.717) is 11.3 Å². The first kappa shape index (κ1) is 14.8. The Hall–Kier alpha value is -1.56. The fraction of sp³-hybridized carbons (Fsp3) is 0.500. The van der Waals surface area contributed by atoms with E-state index >= 15 is 0 Å². The Morgan fingerprint density at radius 2 is 1.62 bits per heavy atom. The molecule has 0 spiro atoms. The van der Waals surface area contributed by atoms with Crippen LogP contribution < -0.4 is 0 Å². The maximum absolute atomic E-state index is 2.60. The number of hydrogen-bond acceptors (Lipinski definition) is 0. The van der Waals surface area contributed by atoms with Gasteiger partial charge in [0.25, 0.3) is 0 Å².